The Morgan fingerprint density at radius 1 is 1.32 bits per heavy atom. The molecule has 1 unspecified atom stereocenters. The van der Waals surface area contributed by atoms with Crippen molar-refractivity contribution in [3.05, 3.63) is 24.3 Å². The van der Waals surface area contributed by atoms with Gasteiger partial charge in [-0.25, -0.2) is 0 Å². The first-order valence-electron chi connectivity index (χ1n) is 5.82. The van der Waals surface area contributed by atoms with E-state index in [9.17, 15) is 13.6 Å². The van der Waals surface area contributed by atoms with Gasteiger partial charge < -0.3 is 15.8 Å². The number of nitrogens with one attached hydrogen (secondary N) is 1. The van der Waals surface area contributed by atoms with Crippen LogP contribution in [-0.2, 0) is 4.79 Å². The topological polar surface area (TPSA) is 64.4 Å². The van der Waals surface area contributed by atoms with E-state index in [0.717, 1.165) is 0 Å². The first-order valence-corrected chi connectivity index (χ1v) is 5.82. The average Bonchev–Trinajstić information content (AvgIpc) is 2.28. The molecule has 0 aliphatic heterocycles. The van der Waals surface area contributed by atoms with Gasteiger partial charge in [0.25, 0.3) is 0 Å². The van der Waals surface area contributed by atoms with Gasteiger partial charge in [-0.05, 0) is 17.5 Å². The molecule has 1 amide bonds. The Kier molecular flexibility index (Phi) is 4.83. The van der Waals surface area contributed by atoms with E-state index in [-0.39, 0.29) is 11.4 Å². The molecule has 0 spiro atoms. The number of nitrogens with two attached hydrogens (primary N) is 1. The predicted octanol–water partition coefficient (Wildman–Crippen LogP) is 2.60. The summed E-state index contributed by atoms with van der Waals surface area (Å²) in [5, 5.41) is 2.50. The van der Waals surface area contributed by atoms with E-state index in [4.69, 9.17) is 5.73 Å². The van der Waals surface area contributed by atoms with Crippen LogP contribution in [0.15, 0.2) is 24.3 Å². The molecule has 1 aromatic carbocycles. The molecule has 0 radical (unpaired) electrons. The van der Waals surface area contributed by atoms with Crippen molar-refractivity contribution >= 4 is 11.6 Å². The molecule has 0 saturated heterocycles. The van der Waals surface area contributed by atoms with Gasteiger partial charge in [0.1, 0.15) is 5.75 Å². The lowest BCUT2D eigenvalue weighted by atomic mass is 9.87. The Balaban J connectivity index is 2.85. The number of hydrogen-bond donors (Lipinski definition) is 2. The summed E-state index contributed by atoms with van der Waals surface area (Å²) in [7, 11) is 0. The molecule has 4 nitrogen and oxygen atoms in total. The minimum Gasteiger partial charge on any atom is -0.433 e. The van der Waals surface area contributed by atoms with Crippen molar-refractivity contribution < 1.29 is 18.3 Å². The van der Waals surface area contributed by atoms with Crippen molar-refractivity contribution in [3.8, 4) is 5.75 Å². The van der Waals surface area contributed by atoms with Crippen LogP contribution < -0.4 is 15.8 Å². The molecule has 0 aromatic heterocycles. The summed E-state index contributed by atoms with van der Waals surface area (Å²) in [5.74, 6) is -0.537. The monoisotopic (exact) mass is 272 g/mol. The van der Waals surface area contributed by atoms with E-state index in [1.807, 2.05) is 20.8 Å². The second-order valence-corrected chi connectivity index (χ2v) is 5.21. The van der Waals surface area contributed by atoms with Crippen LogP contribution in [0.25, 0.3) is 0 Å². The molecule has 0 aliphatic rings. The average molecular weight is 272 g/mol. The second kappa shape index (κ2) is 5.97. The van der Waals surface area contributed by atoms with Crippen molar-refractivity contribution in [3.63, 3.8) is 0 Å². The van der Waals surface area contributed by atoms with E-state index in [1.54, 1.807) is 6.07 Å². The van der Waals surface area contributed by atoms with Crippen LogP contribution in [0.2, 0.25) is 0 Å². The summed E-state index contributed by atoms with van der Waals surface area (Å²) >= 11 is 0. The lowest BCUT2D eigenvalue weighted by Crippen LogP contribution is -2.45. The minimum absolute atomic E-state index is 0.0908. The van der Waals surface area contributed by atoms with E-state index in [2.05, 4.69) is 10.1 Å². The first kappa shape index (κ1) is 15.4. The fourth-order valence-electron chi connectivity index (χ4n) is 1.37. The molecule has 0 fully saturated rings. The van der Waals surface area contributed by atoms with E-state index < -0.39 is 24.0 Å². The highest BCUT2D eigenvalue weighted by Crippen LogP contribution is 2.26. The Morgan fingerprint density at radius 2 is 1.89 bits per heavy atom. The van der Waals surface area contributed by atoms with Crippen molar-refractivity contribution in [1.82, 2.24) is 0 Å². The van der Waals surface area contributed by atoms with Gasteiger partial charge in [0.2, 0.25) is 5.91 Å². The molecular formula is C13H18F2N2O2. The van der Waals surface area contributed by atoms with Crippen LogP contribution in [0.4, 0.5) is 14.5 Å². The molecular weight excluding hydrogens is 254 g/mol. The van der Waals surface area contributed by atoms with Crippen LogP contribution in [0.1, 0.15) is 20.8 Å². The fourth-order valence-corrected chi connectivity index (χ4v) is 1.37. The number of benzene rings is 1. The number of carbonyl (C=O) groups is 1. The lowest BCUT2D eigenvalue weighted by Gasteiger charge is -2.26. The molecule has 0 saturated carbocycles. The number of carbonyl (C=O) groups excluding carboxylic acids is 1. The Hall–Kier alpha value is -1.69. The number of alkyl halides is 2. The molecule has 6 heteroatoms. The van der Waals surface area contributed by atoms with E-state index >= 15 is 0 Å². The van der Waals surface area contributed by atoms with Crippen LogP contribution in [-0.4, -0.2) is 18.6 Å². The van der Waals surface area contributed by atoms with Gasteiger partial charge in [0.15, 0.2) is 0 Å². The SMILES string of the molecule is CC(C)(C)C(N)C(=O)Nc1ccccc1OC(F)F. The van der Waals surface area contributed by atoms with Gasteiger partial charge in [-0.1, -0.05) is 32.9 Å². The fraction of sp³-hybridized carbons (Fsp3) is 0.462. The zero-order chi connectivity index (χ0) is 14.6. The van der Waals surface area contributed by atoms with Crippen LogP contribution in [0, 0.1) is 5.41 Å². The van der Waals surface area contributed by atoms with Gasteiger partial charge in [-0.3, -0.25) is 4.79 Å². The number of hydrogen-bond acceptors (Lipinski definition) is 3. The van der Waals surface area contributed by atoms with Gasteiger partial charge in [0, 0.05) is 0 Å². The zero-order valence-electron chi connectivity index (χ0n) is 11.1. The standard InChI is InChI=1S/C13H18F2N2O2/c1-13(2,3)10(16)11(18)17-8-6-4-5-7-9(8)19-12(14)15/h4-7,10,12H,16H2,1-3H3,(H,17,18). The summed E-state index contributed by atoms with van der Waals surface area (Å²) < 4.78 is 28.8. The summed E-state index contributed by atoms with van der Waals surface area (Å²) in [6, 6.07) is 5.22. The Labute approximate surface area is 110 Å². The highest BCUT2D eigenvalue weighted by atomic mass is 19.3. The van der Waals surface area contributed by atoms with Gasteiger partial charge in [-0.15, -0.1) is 0 Å². The zero-order valence-corrected chi connectivity index (χ0v) is 11.1. The maximum atomic E-state index is 12.2. The first-order chi connectivity index (χ1) is 8.71. The summed E-state index contributed by atoms with van der Waals surface area (Å²) in [4.78, 5) is 11.9. The minimum atomic E-state index is -2.95. The molecule has 1 rings (SSSR count). The van der Waals surface area contributed by atoms with E-state index in [0.29, 0.717) is 0 Å². The summed E-state index contributed by atoms with van der Waals surface area (Å²) in [6.07, 6.45) is 0. The van der Waals surface area contributed by atoms with Crippen molar-refractivity contribution in [2.24, 2.45) is 11.1 Å². The molecule has 19 heavy (non-hydrogen) atoms. The maximum absolute atomic E-state index is 12.2. The predicted molar refractivity (Wildman–Crippen MR) is 69.1 cm³/mol. The summed E-state index contributed by atoms with van der Waals surface area (Å²) in [6.45, 7) is 2.51. The third-order valence-corrected chi connectivity index (χ3v) is 2.58. The molecule has 3 N–H and O–H groups in total. The molecule has 0 bridgehead atoms. The van der Waals surface area contributed by atoms with Crippen molar-refractivity contribution in [1.29, 1.82) is 0 Å². The summed E-state index contributed by atoms with van der Waals surface area (Å²) in [5.41, 5.74) is 5.54. The number of para-hydroxylation sites is 2. The molecule has 1 aromatic rings. The number of ether oxygens (including phenoxy) is 1. The Morgan fingerprint density at radius 3 is 2.42 bits per heavy atom. The number of halogens is 2. The number of anilines is 1. The largest absolute Gasteiger partial charge is 0.433 e. The van der Waals surface area contributed by atoms with Gasteiger partial charge in [0.05, 0.1) is 11.7 Å². The van der Waals surface area contributed by atoms with Crippen LogP contribution >= 0.6 is 0 Å². The highest BCUT2D eigenvalue weighted by molar-refractivity contribution is 5.96. The number of rotatable bonds is 4. The maximum Gasteiger partial charge on any atom is 0.387 e. The highest BCUT2D eigenvalue weighted by Gasteiger charge is 2.28. The normalized spacial score (nSPS) is 13.2. The van der Waals surface area contributed by atoms with Crippen molar-refractivity contribution in [2.75, 3.05) is 5.32 Å². The molecule has 0 aliphatic carbocycles. The third kappa shape index (κ3) is 4.48. The third-order valence-electron chi connectivity index (χ3n) is 2.58. The second-order valence-electron chi connectivity index (χ2n) is 5.21. The van der Waals surface area contributed by atoms with Crippen molar-refractivity contribution in [2.45, 2.75) is 33.4 Å². The molecule has 106 valence electrons. The van der Waals surface area contributed by atoms with Gasteiger partial charge in [-0.2, -0.15) is 8.78 Å². The van der Waals surface area contributed by atoms with Crippen LogP contribution in [0.5, 0.6) is 5.75 Å². The lowest BCUT2D eigenvalue weighted by molar-refractivity contribution is -0.119. The molecule has 0 heterocycles. The van der Waals surface area contributed by atoms with Gasteiger partial charge >= 0.3 is 6.61 Å². The molecule has 1 atom stereocenters. The number of amides is 1. The van der Waals surface area contributed by atoms with E-state index in [1.165, 1.54) is 18.2 Å². The quantitative estimate of drug-likeness (QED) is 0.885. The smallest absolute Gasteiger partial charge is 0.387 e. The Bertz CT molecular complexity index is 445. The van der Waals surface area contributed by atoms with Crippen LogP contribution in [0.3, 0.4) is 0 Å².